The third kappa shape index (κ3) is 6.21. The highest BCUT2D eigenvalue weighted by Crippen LogP contribution is 2.18. The van der Waals surface area contributed by atoms with Gasteiger partial charge in [-0.25, -0.2) is 0 Å². The van der Waals surface area contributed by atoms with E-state index >= 15 is 0 Å². The zero-order valence-corrected chi connectivity index (χ0v) is 15.9. The molecule has 0 unspecified atom stereocenters. The van der Waals surface area contributed by atoms with E-state index in [0.29, 0.717) is 29.9 Å². The average Bonchev–Trinajstić information content (AvgIpc) is 2.70. The first-order valence-corrected chi connectivity index (χ1v) is 9.69. The number of aliphatic hydroxyl groups is 1. The van der Waals surface area contributed by atoms with Crippen LogP contribution < -0.4 is 14.8 Å². The number of hydrogen-bond donors (Lipinski definition) is 2. The van der Waals surface area contributed by atoms with Crippen LogP contribution in [0.1, 0.15) is 35.2 Å². The molecular formula is C21H27N3O4. The molecule has 1 aromatic heterocycles. The van der Waals surface area contributed by atoms with Crippen LogP contribution in [-0.2, 0) is 6.54 Å². The fourth-order valence-electron chi connectivity index (χ4n) is 3.22. The van der Waals surface area contributed by atoms with Gasteiger partial charge in [-0.3, -0.25) is 9.69 Å². The van der Waals surface area contributed by atoms with E-state index in [9.17, 15) is 15.1 Å². The van der Waals surface area contributed by atoms with Gasteiger partial charge in [-0.1, -0.05) is 12.1 Å². The van der Waals surface area contributed by atoms with Crippen molar-refractivity contribution in [3.63, 3.8) is 0 Å². The van der Waals surface area contributed by atoms with Crippen LogP contribution >= 0.6 is 0 Å². The Morgan fingerprint density at radius 3 is 2.89 bits per heavy atom. The summed E-state index contributed by atoms with van der Waals surface area (Å²) in [7, 11) is 0. The molecule has 1 saturated heterocycles. The number of aliphatic hydroxyl groups excluding tert-OH is 1. The molecule has 0 atom stereocenters. The van der Waals surface area contributed by atoms with Gasteiger partial charge in [-0.05, 0) is 43.0 Å². The van der Waals surface area contributed by atoms with Crippen LogP contribution in [-0.4, -0.2) is 48.3 Å². The van der Waals surface area contributed by atoms with Crippen LogP contribution in [0.5, 0.6) is 5.75 Å². The van der Waals surface area contributed by atoms with Crippen molar-refractivity contribution >= 4 is 5.91 Å². The lowest BCUT2D eigenvalue weighted by Crippen LogP contribution is -2.35. The summed E-state index contributed by atoms with van der Waals surface area (Å²) in [4.78, 5) is 14.3. The second-order valence-corrected chi connectivity index (χ2v) is 7.07. The average molecular weight is 385 g/mol. The molecule has 0 bridgehead atoms. The molecule has 0 spiro atoms. The number of amides is 1. The van der Waals surface area contributed by atoms with Crippen molar-refractivity contribution in [1.29, 1.82) is 0 Å². The second kappa shape index (κ2) is 10.1. The zero-order chi connectivity index (χ0) is 19.8. The van der Waals surface area contributed by atoms with Crippen LogP contribution in [0.2, 0.25) is 0 Å². The summed E-state index contributed by atoms with van der Waals surface area (Å²) < 4.78 is 6.40. The van der Waals surface area contributed by atoms with E-state index in [1.54, 1.807) is 12.1 Å². The quantitative estimate of drug-likeness (QED) is 0.408. The predicted octanol–water partition coefficient (Wildman–Crippen LogP) is 1.48. The number of rotatable bonds is 8. The molecule has 0 saturated carbocycles. The number of ether oxygens (including phenoxy) is 1. The number of carbonyl (C=O) groups excluding carboxylic acids is 1. The highest BCUT2D eigenvalue weighted by Gasteiger charge is 2.17. The molecule has 1 amide bonds. The molecule has 7 nitrogen and oxygen atoms in total. The normalized spacial score (nSPS) is 15.3. The van der Waals surface area contributed by atoms with Crippen LogP contribution in [0.4, 0.5) is 0 Å². The number of nitrogens with zero attached hydrogens (tertiary/aromatic N) is 2. The van der Waals surface area contributed by atoms with Gasteiger partial charge in [0.2, 0.25) is 0 Å². The lowest BCUT2D eigenvalue weighted by atomic mass is 10.1. The predicted molar refractivity (Wildman–Crippen MR) is 105 cm³/mol. The molecule has 0 aliphatic carbocycles. The Labute approximate surface area is 165 Å². The van der Waals surface area contributed by atoms with Crippen LogP contribution in [0.15, 0.2) is 48.8 Å². The minimum absolute atomic E-state index is 0.158. The minimum Gasteiger partial charge on any atom is -0.619 e. The number of piperidine rings is 1. The lowest BCUT2D eigenvalue weighted by Gasteiger charge is -2.29. The number of likely N-dealkylation sites (tertiary alicyclic amines) is 1. The maximum absolute atomic E-state index is 12.0. The number of pyridine rings is 1. The molecule has 1 aliphatic heterocycles. The number of benzene rings is 1. The van der Waals surface area contributed by atoms with E-state index in [0.717, 1.165) is 38.2 Å². The number of nitrogens with one attached hydrogen (secondary N) is 1. The molecule has 7 heteroatoms. The van der Waals surface area contributed by atoms with Gasteiger partial charge < -0.3 is 20.4 Å². The summed E-state index contributed by atoms with van der Waals surface area (Å²) >= 11 is 0. The van der Waals surface area contributed by atoms with Crippen molar-refractivity contribution in [2.75, 3.05) is 26.2 Å². The van der Waals surface area contributed by atoms with E-state index in [1.165, 1.54) is 18.0 Å². The number of aromatic nitrogens is 1. The number of carbonyl (C=O) groups is 1. The van der Waals surface area contributed by atoms with Crippen molar-refractivity contribution in [3.05, 3.63) is 65.1 Å². The molecule has 2 N–H and O–H groups in total. The molecule has 0 radical (unpaired) electrons. The second-order valence-electron chi connectivity index (χ2n) is 7.07. The van der Waals surface area contributed by atoms with Gasteiger partial charge in [0, 0.05) is 32.2 Å². The first-order chi connectivity index (χ1) is 13.6. The molecule has 2 heterocycles. The fourth-order valence-corrected chi connectivity index (χ4v) is 3.22. The molecule has 3 rings (SSSR count). The van der Waals surface area contributed by atoms with E-state index in [-0.39, 0.29) is 12.0 Å². The zero-order valence-electron chi connectivity index (χ0n) is 15.9. The molecule has 28 heavy (non-hydrogen) atoms. The number of hydrogen-bond acceptors (Lipinski definition) is 5. The van der Waals surface area contributed by atoms with Gasteiger partial charge in [0.25, 0.3) is 5.91 Å². The molecular weight excluding hydrogens is 358 g/mol. The topological polar surface area (TPSA) is 88.7 Å². The standard InChI is InChI=1S/C21H27N3O4/c25-19-7-11-23(12-8-19)15-17-4-1-6-20(14-17)28-13-3-9-22-21(26)18-5-2-10-24(27)16-18/h1-2,4-6,10,14,16,19,25H,3,7-9,11-13,15H2,(H,22,26). The molecule has 1 aromatic carbocycles. The first-order valence-electron chi connectivity index (χ1n) is 9.69. The molecule has 150 valence electrons. The van der Waals surface area contributed by atoms with Gasteiger partial charge in [-0.2, -0.15) is 4.73 Å². The summed E-state index contributed by atoms with van der Waals surface area (Å²) in [6, 6.07) is 11.2. The summed E-state index contributed by atoms with van der Waals surface area (Å²) in [6.45, 7) is 3.66. The Bertz CT molecular complexity index is 776. The van der Waals surface area contributed by atoms with Crippen molar-refractivity contribution < 1.29 is 19.4 Å². The lowest BCUT2D eigenvalue weighted by molar-refractivity contribution is -0.605. The largest absolute Gasteiger partial charge is 0.619 e. The minimum atomic E-state index is -0.265. The monoisotopic (exact) mass is 385 g/mol. The highest BCUT2D eigenvalue weighted by molar-refractivity contribution is 5.93. The van der Waals surface area contributed by atoms with Crippen LogP contribution in [0, 0.1) is 5.21 Å². The first kappa shape index (κ1) is 20.1. The van der Waals surface area contributed by atoms with E-state index < -0.39 is 0 Å². The Morgan fingerprint density at radius 1 is 1.29 bits per heavy atom. The van der Waals surface area contributed by atoms with E-state index in [2.05, 4.69) is 16.3 Å². The SMILES string of the molecule is O=C(NCCCOc1cccc(CN2CCC(O)CC2)c1)c1ccc[n+]([O-])c1. The van der Waals surface area contributed by atoms with Crippen LogP contribution in [0.3, 0.4) is 0 Å². The molecule has 2 aromatic rings. The summed E-state index contributed by atoms with van der Waals surface area (Å²) in [5.41, 5.74) is 1.54. The smallest absolute Gasteiger partial charge is 0.257 e. The Balaban J connectivity index is 1.37. The Hall–Kier alpha value is -2.64. The summed E-state index contributed by atoms with van der Waals surface area (Å²) in [5, 5.41) is 23.6. The summed E-state index contributed by atoms with van der Waals surface area (Å²) in [6.07, 6.45) is 4.77. The van der Waals surface area contributed by atoms with Gasteiger partial charge >= 0.3 is 0 Å². The van der Waals surface area contributed by atoms with E-state index in [4.69, 9.17) is 4.74 Å². The Morgan fingerprint density at radius 2 is 2.11 bits per heavy atom. The molecule has 1 fully saturated rings. The van der Waals surface area contributed by atoms with Crippen molar-refractivity contribution in [2.45, 2.75) is 31.9 Å². The highest BCUT2D eigenvalue weighted by atomic mass is 16.5. The van der Waals surface area contributed by atoms with Crippen LogP contribution in [0.25, 0.3) is 0 Å². The van der Waals surface area contributed by atoms with Crippen molar-refractivity contribution in [2.24, 2.45) is 0 Å². The van der Waals surface area contributed by atoms with Crippen molar-refractivity contribution in [3.8, 4) is 5.75 Å². The van der Waals surface area contributed by atoms with Crippen molar-refractivity contribution in [1.82, 2.24) is 10.2 Å². The summed E-state index contributed by atoms with van der Waals surface area (Å²) in [5.74, 6) is 0.551. The fraction of sp³-hybridized carbons (Fsp3) is 0.429. The molecule has 1 aliphatic rings. The third-order valence-electron chi connectivity index (χ3n) is 4.77. The maximum atomic E-state index is 12.0. The van der Waals surface area contributed by atoms with Gasteiger partial charge in [-0.15, -0.1) is 0 Å². The van der Waals surface area contributed by atoms with Gasteiger partial charge in [0.15, 0.2) is 12.4 Å². The van der Waals surface area contributed by atoms with Gasteiger partial charge in [0.1, 0.15) is 11.3 Å². The maximum Gasteiger partial charge on any atom is 0.257 e. The van der Waals surface area contributed by atoms with E-state index in [1.807, 2.05) is 18.2 Å². The van der Waals surface area contributed by atoms with Gasteiger partial charge in [0.05, 0.1) is 12.7 Å². The third-order valence-corrected chi connectivity index (χ3v) is 4.77. The Kier molecular flexibility index (Phi) is 7.22.